The van der Waals surface area contributed by atoms with E-state index in [0.717, 1.165) is 42.7 Å². The molecule has 0 bridgehead atoms. The monoisotopic (exact) mass is 538 g/mol. The van der Waals surface area contributed by atoms with Crippen LogP contribution in [0, 0.1) is 0 Å². The Balaban J connectivity index is 0.00000341. The SMILES string of the molecule is CCNC(=NCc1ccc(OC)cc1OC)NC(C)c1cccc(N2CCCC2)c1.I. The van der Waals surface area contributed by atoms with Crippen molar-refractivity contribution in [2.75, 3.05) is 38.8 Å². The van der Waals surface area contributed by atoms with Crippen LogP contribution in [0.1, 0.15) is 43.9 Å². The van der Waals surface area contributed by atoms with Gasteiger partial charge in [-0.3, -0.25) is 0 Å². The van der Waals surface area contributed by atoms with Crippen molar-refractivity contribution in [1.29, 1.82) is 0 Å². The summed E-state index contributed by atoms with van der Waals surface area (Å²) in [5.41, 5.74) is 3.58. The fourth-order valence-corrected chi connectivity index (χ4v) is 3.72. The van der Waals surface area contributed by atoms with Crippen LogP contribution in [0.2, 0.25) is 0 Å². The van der Waals surface area contributed by atoms with Gasteiger partial charge in [0.05, 0.1) is 26.8 Å². The molecular formula is C24H35IN4O2. The van der Waals surface area contributed by atoms with Gasteiger partial charge in [0, 0.05) is 37.0 Å². The Morgan fingerprint density at radius 2 is 1.87 bits per heavy atom. The summed E-state index contributed by atoms with van der Waals surface area (Å²) in [7, 11) is 3.32. The van der Waals surface area contributed by atoms with Gasteiger partial charge in [-0.2, -0.15) is 0 Å². The van der Waals surface area contributed by atoms with E-state index in [1.165, 1.54) is 24.1 Å². The molecular weight excluding hydrogens is 503 g/mol. The van der Waals surface area contributed by atoms with Crippen LogP contribution in [0.25, 0.3) is 0 Å². The van der Waals surface area contributed by atoms with Gasteiger partial charge in [-0.1, -0.05) is 12.1 Å². The van der Waals surface area contributed by atoms with Crippen LogP contribution in [-0.2, 0) is 6.54 Å². The quantitative estimate of drug-likeness (QED) is 0.289. The molecule has 0 spiro atoms. The van der Waals surface area contributed by atoms with E-state index in [4.69, 9.17) is 14.5 Å². The molecule has 31 heavy (non-hydrogen) atoms. The zero-order valence-corrected chi connectivity index (χ0v) is 21.3. The second kappa shape index (κ2) is 12.6. The van der Waals surface area contributed by atoms with Crippen molar-refractivity contribution in [3.63, 3.8) is 0 Å². The summed E-state index contributed by atoms with van der Waals surface area (Å²) in [6.07, 6.45) is 2.56. The maximum Gasteiger partial charge on any atom is 0.192 e. The number of nitrogens with zero attached hydrogens (tertiary/aromatic N) is 2. The van der Waals surface area contributed by atoms with Gasteiger partial charge in [-0.25, -0.2) is 4.99 Å². The molecule has 0 saturated carbocycles. The van der Waals surface area contributed by atoms with Crippen LogP contribution < -0.4 is 25.0 Å². The number of hydrogen-bond acceptors (Lipinski definition) is 4. The van der Waals surface area contributed by atoms with Gasteiger partial charge in [0.1, 0.15) is 11.5 Å². The lowest BCUT2D eigenvalue weighted by Crippen LogP contribution is -2.38. The lowest BCUT2D eigenvalue weighted by Gasteiger charge is -2.22. The van der Waals surface area contributed by atoms with Crippen molar-refractivity contribution < 1.29 is 9.47 Å². The molecule has 0 aliphatic carbocycles. The standard InChI is InChI=1S/C24H34N4O2.HI/c1-5-25-24(26-17-20-11-12-22(29-3)16-23(20)30-4)27-18(2)19-9-8-10-21(15-19)28-13-6-7-14-28;/h8-12,15-16,18H,5-7,13-14,17H2,1-4H3,(H2,25,26,27);1H. The number of guanidine groups is 1. The van der Waals surface area contributed by atoms with Crippen LogP contribution in [0.15, 0.2) is 47.5 Å². The Kier molecular flexibility index (Phi) is 10.2. The minimum atomic E-state index is 0. The molecule has 1 saturated heterocycles. The molecule has 1 atom stereocenters. The Morgan fingerprint density at radius 3 is 2.55 bits per heavy atom. The smallest absolute Gasteiger partial charge is 0.192 e. The van der Waals surface area contributed by atoms with Crippen LogP contribution in [-0.4, -0.2) is 39.8 Å². The van der Waals surface area contributed by atoms with E-state index in [9.17, 15) is 0 Å². The number of benzene rings is 2. The van der Waals surface area contributed by atoms with Crippen molar-refractivity contribution in [3.8, 4) is 11.5 Å². The second-order valence-corrected chi connectivity index (χ2v) is 7.53. The van der Waals surface area contributed by atoms with Crippen LogP contribution >= 0.6 is 24.0 Å². The van der Waals surface area contributed by atoms with E-state index in [2.05, 4.69) is 53.6 Å². The molecule has 1 heterocycles. The lowest BCUT2D eigenvalue weighted by molar-refractivity contribution is 0.391. The minimum Gasteiger partial charge on any atom is -0.497 e. The van der Waals surface area contributed by atoms with E-state index >= 15 is 0 Å². The summed E-state index contributed by atoms with van der Waals surface area (Å²) in [5, 5.41) is 6.88. The third-order valence-electron chi connectivity index (χ3n) is 5.44. The Hall–Kier alpha value is -2.16. The molecule has 170 valence electrons. The highest BCUT2D eigenvalue weighted by Gasteiger charge is 2.14. The first-order chi connectivity index (χ1) is 14.6. The number of halogens is 1. The van der Waals surface area contributed by atoms with Gasteiger partial charge < -0.3 is 25.0 Å². The van der Waals surface area contributed by atoms with Gasteiger partial charge >= 0.3 is 0 Å². The highest BCUT2D eigenvalue weighted by Crippen LogP contribution is 2.26. The Morgan fingerprint density at radius 1 is 1.10 bits per heavy atom. The van der Waals surface area contributed by atoms with Crippen LogP contribution in [0.3, 0.4) is 0 Å². The summed E-state index contributed by atoms with van der Waals surface area (Å²) in [6, 6.07) is 14.8. The van der Waals surface area contributed by atoms with Crippen LogP contribution in [0.5, 0.6) is 11.5 Å². The van der Waals surface area contributed by atoms with Gasteiger partial charge in [0.25, 0.3) is 0 Å². The molecule has 1 aliphatic heterocycles. The summed E-state index contributed by atoms with van der Waals surface area (Å²) < 4.78 is 10.8. The summed E-state index contributed by atoms with van der Waals surface area (Å²) in [5.74, 6) is 2.34. The molecule has 2 aromatic rings. The molecule has 0 radical (unpaired) electrons. The molecule has 2 N–H and O–H groups in total. The zero-order valence-electron chi connectivity index (χ0n) is 19.0. The predicted octanol–water partition coefficient (Wildman–Crippen LogP) is 4.74. The Labute approximate surface area is 203 Å². The van der Waals surface area contributed by atoms with Gasteiger partial charge in [0.15, 0.2) is 5.96 Å². The first-order valence-corrected chi connectivity index (χ1v) is 10.7. The number of aliphatic imine (C=N–C) groups is 1. The third-order valence-corrected chi connectivity index (χ3v) is 5.44. The normalized spacial score (nSPS) is 14.6. The number of ether oxygens (including phenoxy) is 2. The predicted molar refractivity (Wildman–Crippen MR) is 139 cm³/mol. The number of methoxy groups -OCH3 is 2. The summed E-state index contributed by atoms with van der Waals surface area (Å²) in [6.45, 7) is 7.86. The fourth-order valence-electron chi connectivity index (χ4n) is 3.72. The maximum absolute atomic E-state index is 5.50. The molecule has 0 amide bonds. The zero-order chi connectivity index (χ0) is 21.3. The number of anilines is 1. The first kappa shape index (κ1) is 25.1. The molecule has 1 aliphatic rings. The molecule has 3 rings (SSSR count). The fraction of sp³-hybridized carbons (Fsp3) is 0.458. The minimum absolute atomic E-state index is 0. The van der Waals surface area contributed by atoms with Crippen LogP contribution in [0.4, 0.5) is 5.69 Å². The van der Waals surface area contributed by atoms with E-state index in [-0.39, 0.29) is 30.0 Å². The number of nitrogens with one attached hydrogen (secondary N) is 2. The molecule has 1 unspecified atom stereocenters. The van der Waals surface area contributed by atoms with Gasteiger partial charge in [-0.15, -0.1) is 24.0 Å². The second-order valence-electron chi connectivity index (χ2n) is 7.53. The van der Waals surface area contributed by atoms with Crippen molar-refractivity contribution in [2.45, 2.75) is 39.3 Å². The first-order valence-electron chi connectivity index (χ1n) is 10.7. The lowest BCUT2D eigenvalue weighted by atomic mass is 10.1. The molecule has 7 heteroatoms. The Bertz CT molecular complexity index is 853. The average Bonchev–Trinajstić information content (AvgIpc) is 3.32. The maximum atomic E-state index is 5.50. The topological polar surface area (TPSA) is 58.1 Å². The van der Waals surface area contributed by atoms with Crippen molar-refractivity contribution >= 4 is 35.6 Å². The van der Waals surface area contributed by atoms with Crippen molar-refractivity contribution in [1.82, 2.24) is 10.6 Å². The third kappa shape index (κ3) is 6.92. The van der Waals surface area contributed by atoms with E-state index in [0.29, 0.717) is 6.54 Å². The van der Waals surface area contributed by atoms with E-state index in [1.807, 2.05) is 18.2 Å². The average molecular weight is 538 g/mol. The molecule has 0 aromatic heterocycles. The van der Waals surface area contributed by atoms with Crippen molar-refractivity contribution in [3.05, 3.63) is 53.6 Å². The van der Waals surface area contributed by atoms with E-state index in [1.54, 1.807) is 14.2 Å². The summed E-state index contributed by atoms with van der Waals surface area (Å²) >= 11 is 0. The summed E-state index contributed by atoms with van der Waals surface area (Å²) in [4.78, 5) is 7.24. The van der Waals surface area contributed by atoms with Gasteiger partial charge in [-0.05, 0) is 56.5 Å². The highest BCUT2D eigenvalue weighted by molar-refractivity contribution is 14.0. The van der Waals surface area contributed by atoms with Gasteiger partial charge in [0.2, 0.25) is 0 Å². The highest BCUT2D eigenvalue weighted by atomic mass is 127. The molecule has 6 nitrogen and oxygen atoms in total. The number of hydrogen-bond donors (Lipinski definition) is 2. The molecule has 1 fully saturated rings. The van der Waals surface area contributed by atoms with Crippen molar-refractivity contribution in [2.24, 2.45) is 4.99 Å². The molecule has 2 aromatic carbocycles. The van der Waals surface area contributed by atoms with E-state index < -0.39 is 0 Å². The number of rotatable bonds is 8. The largest absolute Gasteiger partial charge is 0.497 e.